The molecule has 1 aromatic carbocycles. The third-order valence-electron chi connectivity index (χ3n) is 6.45. The molecule has 1 N–H and O–H groups in total. The zero-order valence-corrected chi connectivity index (χ0v) is 21.0. The van der Waals surface area contributed by atoms with Crippen LogP contribution in [0.3, 0.4) is 0 Å². The number of hydrogen-bond donors (Lipinski definition) is 1. The van der Waals surface area contributed by atoms with Gasteiger partial charge in [0.2, 0.25) is 0 Å². The van der Waals surface area contributed by atoms with E-state index in [0.717, 1.165) is 31.9 Å². The molecule has 0 spiro atoms. The molecule has 0 radical (unpaired) electrons. The van der Waals surface area contributed by atoms with Crippen LogP contribution in [-0.4, -0.2) is 39.9 Å². The highest BCUT2D eigenvalue weighted by Crippen LogP contribution is 2.32. The number of aryl methyl sites for hydroxylation is 1. The molecule has 188 valence electrons. The van der Waals surface area contributed by atoms with Crippen molar-refractivity contribution in [1.29, 1.82) is 5.26 Å². The lowest BCUT2D eigenvalue weighted by Gasteiger charge is -2.26. The molecule has 5 rings (SSSR count). The first kappa shape index (κ1) is 24.7. The molecule has 37 heavy (non-hydrogen) atoms. The van der Waals surface area contributed by atoms with E-state index < -0.39 is 11.2 Å². The van der Waals surface area contributed by atoms with Crippen molar-refractivity contribution >= 4 is 0 Å². The van der Waals surface area contributed by atoms with Crippen molar-refractivity contribution in [3.63, 3.8) is 0 Å². The monoisotopic (exact) mass is 498 g/mol. The van der Waals surface area contributed by atoms with E-state index in [2.05, 4.69) is 43.6 Å². The predicted octanol–water partition coefficient (Wildman–Crippen LogP) is 4.85. The Hall–Kier alpha value is -4.00. The van der Waals surface area contributed by atoms with Gasteiger partial charge in [0.25, 0.3) is 0 Å². The van der Waals surface area contributed by atoms with Crippen LogP contribution in [-0.2, 0) is 16.7 Å². The molecule has 0 amide bonds. The van der Waals surface area contributed by atoms with Gasteiger partial charge in [-0.2, -0.15) is 5.26 Å². The van der Waals surface area contributed by atoms with E-state index in [1.165, 1.54) is 24.0 Å². The Morgan fingerprint density at radius 3 is 2.62 bits per heavy atom. The van der Waals surface area contributed by atoms with E-state index in [4.69, 9.17) is 9.26 Å². The maximum atomic E-state index is 15.3. The number of nitrogens with one attached hydrogen (secondary N) is 1. The Morgan fingerprint density at radius 2 is 1.92 bits per heavy atom. The van der Waals surface area contributed by atoms with E-state index in [0.29, 0.717) is 34.5 Å². The highest BCUT2D eigenvalue weighted by atomic mass is 19.1. The highest BCUT2D eigenvalue weighted by Gasteiger charge is 2.28. The van der Waals surface area contributed by atoms with Crippen LogP contribution >= 0.6 is 0 Å². The summed E-state index contributed by atoms with van der Waals surface area (Å²) in [6.45, 7) is 8.47. The van der Waals surface area contributed by atoms with E-state index in [9.17, 15) is 5.26 Å². The summed E-state index contributed by atoms with van der Waals surface area (Å²) in [5.74, 6) is 0.453. The second kappa shape index (κ2) is 10.2. The number of rotatable bonds is 8. The molecule has 1 fully saturated rings. The number of ether oxygens (including phenoxy) is 1. The Bertz CT molecular complexity index is 1450. The molecule has 1 aliphatic heterocycles. The summed E-state index contributed by atoms with van der Waals surface area (Å²) in [6.07, 6.45) is 2.98. The van der Waals surface area contributed by atoms with Crippen LogP contribution in [0.15, 0.2) is 53.3 Å². The molecule has 0 saturated carbocycles. The summed E-state index contributed by atoms with van der Waals surface area (Å²) in [4.78, 5) is 13.1. The van der Waals surface area contributed by atoms with Crippen LogP contribution in [0.1, 0.15) is 30.8 Å². The highest BCUT2D eigenvalue weighted by molar-refractivity contribution is 5.69. The number of nitriles is 1. The number of nitrogens with zero attached hydrogens (tertiary/aromatic N) is 5. The van der Waals surface area contributed by atoms with Crippen molar-refractivity contribution in [3.05, 3.63) is 71.6 Å². The standard InChI is InChI=1S/C28H27FN6O2/c1-17-26(34-23(13-33-17)21-8-9-32-27(25(21)29)28(2,3)16-30)24-10-22(35-37-24)20-6-4-18(5-7-20)11-31-12-19-14-36-15-19/h4-10,13,19,31H,11-12,14-15H2,1-3H3. The SMILES string of the molecule is Cc1ncc(-c2ccnc(C(C)(C)C#N)c2F)nc1-c1cc(-c2ccc(CNCC3COC3)cc2)no1. The molecule has 4 aromatic rings. The predicted molar refractivity (Wildman–Crippen MR) is 136 cm³/mol. The Labute approximate surface area is 214 Å². The van der Waals surface area contributed by atoms with Gasteiger partial charge in [0, 0.05) is 42.4 Å². The Kier molecular flexibility index (Phi) is 6.78. The molecule has 4 heterocycles. The summed E-state index contributed by atoms with van der Waals surface area (Å²) in [7, 11) is 0. The fourth-order valence-corrected chi connectivity index (χ4v) is 4.08. The fraction of sp³-hybridized carbons (Fsp3) is 0.321. The number of benzene rings is 1. The Morgan fingerprint density at radius 1 is 1.14 bits per heavy atom. The van der Waals surface area contributed by atoms with Gasteiger partial charge in [-0.1, -0.05) is 29.4 Å². The first-order valence-electron chi connectivity index (χ1n) is 12.1. The largest absolute Gasteiger partial charge is 0.381 e. The van der Waals surface area contributed by atoms with Crippen molar-refractivity contribution in [3.8, 4) is 40.0 Å². The first-order chi connectivity index (χ1) is 17.9. The molecule has 0 unspecified atom stereocenters. The maximum absolute atomic E-state index is 15.3. The van der Waals surface area contributed by atoms with E-state index in [1.54, 1.807) is 26.8 Å². The minimum absolute atomic E-state index is 0.0640. The number of halogens is 1. The van der Waals surface area contributed by atoms with Crippen molar-refractivity contribution in [1.82, 2.24) is 25.4 Å². The second-order valence-electron chi connectivity index (χ2n) is 9.75. The minimum Gasteiger partial charge on any atom is -0.381 e. The zero-order valence-electron chi connectivity index (χ0n) is 21.0. The molecule has 9 heteroatoms. The normalized spacial score (nSPS) is 13.8. The minimum atomic E-state index is -1.09. The van der Waals surface area contributed by atoms with Crippen LogP contribution in [0.25, 0.3) is 34.0 Å². The fourth-order valence-electron chi connectivity index (χ4n) is 4.08. The summed E-state index contributed by atoms with van der Waals surface area (Å²) >= 11 is 0. The maximum Gasteiger partial charge on any atom is 0.187 e. The van der Waals surface area contributed by atoms with Gasteiger partial charge in [-0.05, 0) is 32.4 Å². The first-order valence-corrected chi connectivity index (χ1v) is 12.1. The van der Waals surface area contributed by atoms with Gasteiger partial charge in [0.05, 0.1) is 48.0 Å². The molecular formula is C28H27FN6O2. The molecule has 8 nitrogen and oxygen atoms in total. The van der Waals surface area contributed by atoms with Crippen LogP contribution < -0.4 is 5.32 Å². The Balaban J connectivity index is 1.37. The lowest BCUT2D eigenvalue weighted by molar-refractivity contribution is -0.0307. The van der Waals surface area contributed by atoms with Crippen molar-refractivity contribution in [2.24, 2.45) is 5.92 Å². The van der Waals surface area contributed by atoms with Gasteiger partial charge in [-0.25, -0.2) is 9.37 Å². The number of hydrogen-bond acceptors (Lipinski definition) is 8. The molecule has 1 saturated heterocycles. The van der Waals surface area contributed by atoms with Crippen molar-refractivity contribution in [2.75, 3.05) is 19.8 Å². The van der Waals surface area contributed by atoms with Gasteiger partial charge >= 0.3 is 0 Å². The lowest BCUT2D eigenvalue weighted by atomic mass is 9.89. The zero-order chi connectivity index (χ0) is 26.0. The average molecular weight is 499 g/mol. The van der Waals surface area contributed by atoms with Gasteiger partial charge in [0.1, 0.15) is 11.4 Å². The molecular weight excluding hydrogens is 471 g/mol. The van der Waals surface area contributed by atoms with Crippen molar-refractivity contribution in [2.45, 2.75) is 32.7 Å². The van der Waals surface area contributed by atoms with Crippen molar-refractivity contribution < 1.29 is 13.7 Å². The summed E-state index contributed by atoms with van der Waals surface area (Å²) in [5.41, 5.74) is 3.37. The van der Waals surface area contributed by atoms with E-state index in [-0.39, 0.29) is 11.3 Å². The average Bonchev–Trinajstić information content (AvgIpc) is 3.36. The van der Waals surface area contributed by atoms with E-state index >= 15 is 4.39 Å². The second-order valence-corrected chi connectivity index (χ2v) is 9.75. The third kappa shape index (κ3) is 5.12. The topological polar surface area (TPSA) is 110 Å². The summed E-state index contributed by atoms with van der Waals surface area (Å²) in [6, 6.07) is 13.6. The third-order valence-corrected chi connectivity index (χ3v) is 6.45. The summed E-state index contributed by atoms with van der Waals surface area (Å²) < 4.78 is 26.2. The van der Waals surface area contributed by atoms with Gasteiger partial charge in [0.15, 0.2) is 11.6 Å². The quantitative estimate of drug-likeness (QED) is 0.367. The molecule has 0 atom stereocenters. The lowest BCUT2D eigenvalue weighted by Crippen LogP contribution is -2.36. The number of pyridine rings is 1. The van der Waals surface area contributed by atoms with Crippen LogP contribution in [0.2, 0.25) is 0 Å². The molecule has 0 bridgehead atoms. The van der Waals surface area contributed by atoms with Gasteiger partial charge in [-0.3, -0.25) is 9.97 Å². The van der Waals surface area contributed by atoms with Crippen LogP contribution in [0.5, 0.6) is 0 Å². The van der Waals surface area contributed by atoms with Crippen LogP contribution in [0, 0.1) is 30.0 Å². The molecule has 3 aromatic heterocycles. The van der Waals surface area contributed by atoms with Crippen LogP contribution in [0.4, 0.5) is 4.39 Å². The molecule has 1 aliphatic rings. The van der Waals surface area contributed by atoms with E-state index in [1.807, 2.05) is 12.1 Å². The summed E-state index contributed by atoms with van der Waals surface area (Å²) in [5, 5.41) is 17.1. The smallest absolute Gasteiger partial charge is 0.187 e. The van der Waals surface area contributed by atoms with Gasteiger partial charge < -0.3 is 14.6 Å². The van der Waals surface area contributed by atoms with Gasteiger partial charge in [-0.15, -0.1) is 0 Å². The number of aromatic nitrogens is 4. The molecule has 0 aliphatic carbocycles.